The first-order valence-electron chi connectivity index (χ1n) is 18.7. The Balaban J connectivity index is 1.21. The summed E-state index contributed by atoms with van der Waals surface area (Å²) in [5, 5.41) is 5.27. The van der Waals surface area contributed by atoms with Crippen LogP contribution in [-0.2, 0) is 10.8 Å². The molecule has 1 unspecified atom stereocenters. The van der Waals surface area contributed by atoms with Gasteiger partial charge in [-0.1, -0.05) is 135 Å². The second-order valence-electron chi connectivity index (χ2n) is 15.8. The average molecular weight is 694 g/mol. The van der Waals surface area contributed by atoms with Crippen LogP contribution in [0.4, 0.5) is 17.1 Å². The minimum Gasteiger partial charge on any atom is -0.309 e. The zero-order valence-corrected chi connectivity index (χ0v) is 30.7. The number of benzene rings is 8. The van der Waals surface area contributed by atoms with Crippen LogP contribution in [0.2, 0.25) is 0 Å². The van der Waals surface area contributed by atoms with Crippen LogP contribution in [0.25, 0.3) is 64.3 Å². The molecular weight excluding hydrogens is 659 g/mol. The predicted molar refractivity (Wildman–Crippen MR) is 226 cm³/mol. The SMILES string of the molecule is CC1(C)c2ccccc2-c2cc3c(cc21)N(c1ccccc1-c1cc2ccccc2c2c1sc1ccccc12)c1cccc2c1C3(C)c1ccccc1-2. The molecule has 0 N–H and O–H groups in total. The van der Waals surface area contributed by atoms with Gasteiger partial charge in [-0.15, -0.1) is 11.3 Å². The van der Waals surface area contributed by atoms with E-state index in [-0.39, 0.29) is 10.8 Å². The highest BCUT2D eigenvalue weighted by Gasteiger charge is 2.50. The normalized spacial score (nSPS) is 17.2. The van der Waals surface area contributed by atoms with Crippen LogP contribution in [0.1, 0.15) is 48.6 Å². The molecule has 0 saturated heterocycles. The van der Waals surface area contributed by atoms with Crippen LogP contribution in [0.5, 0.6) is 0 Å². The van der Waals surface area contributed by atoms with Gasteiger partial charge in [-0.05, 0) is 104 Å². The largest absolute Gasteiger partial charge is 0.309 e. The molecule has 3 aliphatic rings. The van der Waals surface area contributed by atoms with E-state index in [1.807, 2.05) is 11.3 Å². The number of rotatable bonds is 2. The summed E-state index contributed by atoms with van der Waals surface area (Å²) in [7, 11) is 0. The average Bonchev–Trinajstić information content (AvgIpc) is 3.79. The number of hydrogen-bond donors (Lipinski definition) is 0. The van der Waals surface area contributed by atoms with Crippen molar-refractivity contribution in [2.45, 2.75) is 31.6 Å². The Labute approximate surface area is 313 Å². The molecule has 1 atom stereocenters. The van der Waals surface area contributed by atoms with E-state index in [9.17, 15) is 0 Å². The minimum atomic E-state index is -0.304. The summed E-state index contributed by atoms with van der Waals surface area (Å²) in [5.41, 5.74) is 18.2. The number of anilines is 3. The van der Waals surface area contributed by atoms with Crippen LogP contribution < -0.4 is 4.90 Å². The summed E-state index contributed by atoms with van der Waals surface area (Å²) in [6.07, 6.45) is 0. The quantitative estimate of drug-likeness (QED) is 0.174. The molecule has 0 bridgehead atoms. The fraction of sp³-hybridized carbons (Fsp3) is 0.0980. The monoisotopic (exact) mass is 693 g/mol. The third-order valence-corrected chi connectivity index (χ3v) is 14.0. The lowest BCUT2D eigenvalue weighted by atomic mass is 9.69. The Morgan fingerprint density at radius 3 is 1.92 bits per heavy atom. The molecule has 8 aromatic carbocycles. The van der Waals surface area contributed by atoms with E-state index in [4.69, 9.17) is 0 Å². The molecule has 0 spiro atoms. The standard InChI is InChI=1S/C51H35NS/c1-50(2)39-22-10-6-18-33(39)37-28-42-45(29-41(37)50)52(44-25-14-21-35-32-17-7-11-23-40(32)51(42,3)48(35)44)43-24-12-8-19-34(43)38-27-30-15-4-5-16-31(30)47-36-20-9-13-26-46(36)53-49(38)47/h4-29H,1-3H3. The van der Waals surface area contributed by atoms with Gasteiger partial charge in [-0.2, -0.15) is 0 Å². The molecule has 250 valence electrons. The van der Waals surface area contributed by atoms with E-state index in [1.54, 1.807) is 0 Å². The molecule has 2 heteroatoms. The van der Waals surface area contributed by atoms with Crippen molar-refractivity contribution >= 4 is 59.3 Å². The minimum absolute atomic E-state index is 0.121. The van der Waals surface area contributed by atoms with Gasteiger partial charge in [0.25, 0.3) is 0 Å². The third kappa shape index (κ3) is 3.62. The van der Waals surface area contributed by atoms with Crippen LogP contribution in [0.15, 0.2) is 158 Å². The van der Waals surface area contributed by atoms with Gasteiger partial charge in [0.1, 0.15) is 0 Å². The molecule has 0 saturated carbocycles. The molecular formula is C51H35NS. The van der Waals surface area contributed by atoms with Gasteiger partial charge in [0.15, 0.2) is 0 Å². The summed E-state index contributed by atoms with van der Waals surface area (Å²) in [6.45, 7) is 7.28. The van der Waals surface area contributed by atoms with Crippen LogP contribution in [-0.4, -0.2) is 0 Å². The smallest absolute Gasteiger partial charge is 0.0540 e. The Kier molecular flexibility index (Phi) is 5.66. The second-order valence-corrected chi connectivity index (χ2v) is 16.8. The molecule has 53 heavy (non-hydrogen) atoms. The summed E-state index contributed by atoms with van der Waals surface area (Å²) < 4.78 is 2.67. The number of para-hydroxylation sites is 1. The van der Waals surface area contributed by atoms with Gasteiger partial charge >= 0.3 is 0 Å². The van der Waals surface area contributed by atoms with Gasteiger partial charge in [-0.3, -0.25) is 0 Å². The van der Waals surface area contributed by atoms with Crippen LogP contribution in [0.3, 0.4) is 0 Å². The maximum Gasteiger partial charge on any atom is 0.0540 e. The highest BCUT2D eigenvalue weighted by Crippen LogP contribution is 2.65. The van der Waals surface area contributed by atoms with Crippen molar-refractivity contribution < 1.29 is 0 Å². The highest BCUT2D eigenvalue weighted by atomic mass is 32.1. The van der Waals surface area contributed by atoms with Gasteiger partial charge in [0.2, 0.25) is 0 Å². The molecule has 12 rings (SSSR count). The van der Waals surface area contributed by atoms with Crippen molar-refractivity contribution in [3.05, 3.63) is 186 Å². The van der Waals surface area contributed by atoms with E-state index in [0.29, 0.717) is 0 Å². The lowest BCUT2D eigenvalue weighted by Crippen LogP contribution is -2.33. The van der Waals surface area contributed by atoms with E-state index < -0.39 is 0 Å². The number of nitrogens with zero attached hydrogens (tertiary/aromatic N) is 1. The van der Waals surface area contributed by atoms with E-state index >= 15 is 0 Å². The van der Waals surface area contributed by atoms with Crippen molar-refractivity contribution in [1.29, 1.82) is 0 Å². The Morgan fingerprint density at radius 1 is 0.434 bits per heavy atom. The molecule has 1 nitrogen and oxygen atoms in total. The fourth-order valence-corrected chi connectivity index (χ4v) is 11.7. The van der Waals surface area contributed by atoms with E-state index in [0.717, 1.165) is 0 Å². The fourth-order valence-electron chi connectivity index (χ4n) is 10.4. The second kappa shape index (κ2) is 10.1. The van der Waals surface area contributed by atoms with Crippen molar-refractivity contribution in [2.24, 2.45) is 0 Å². The van der Waals surface area contributed by atoms with E-state index in [1.165, 1.54) is 109 Å². The number of thiophene rings is 1. The molecule has 1 aliphatic heterocycles. The maximum absolute atomic E-state index is 2.62. The molecule has 9 aromatic rings. The lowest BCUT2D eigenvalue weighted by Gasteiger charge is -2.43. The van der Waals surface area contributed by atoms with Gasteiger partial charge in [0, 0.05) is 42.1 Å². The van der Waals surface area contributed by atoms with Crippen molar-refractivity contribution in [2.75, 3.05) is 4.90 Å². The molecule has 1 aromatic heterocycles. The first-order valence-corrected chi connectivity index (χ1v) is 19.5. The van der Waals surface area contributed by atoms with Crippen molar-refractivity contribution in [3.63, 3.8) is 0 Å². The number of fused-ring (bicyclic) bond motifs is 13. The Morgan fingerprint density at radius 2 is 1.08 bits per heavy atom. The van der Waals surface area contributed by atoms with E-state index in [2.05, 4.69) is 183 Å². The summed E-state index contributed by atoms with van der Waals surface area (Å²) >= 11 is 1.92. The molecule has 0 radical (unpaired) electrons. The van der Waals surface area contributed by atoms with Gasteiger partial charge < -0.3 is 4.90 Å². The predicted octanol–water partition coefficient (Wildman–Crippen LogP) is 14.3. The van der Waals surface area contributed by atoms with Crippen molar-refractivity contribution in [1.82, 2.24) is 0 Å². The Bertz CT molecular complexity index is 3070. The first-order chi connectivity index (χ1) is 25.9. The maximum atomic E-state index is 2.62. The summed E-state index contributed by atoms with van der Waals surface area (Å²) in [5.74, 6) is 0. The molecule has 0 amide bonds. The molecule has 2 aliphatic carbocycles. The highest BCUT2D eigenvalue weighted by molar-refractivity contribution is 7.26. The first kappa shape index (κ1) is 29.6. The summed E-state index contributed by atoms with van der Waals surface area (Å²) in [4.78, 5) is 2.62. The van der Waals surface area contributed by atoms with Crippen LogP contribution >= 0.6 is 11.3 Å². The van der Waals surface area contributed by atoms with Gasteiger partial charge in [0.05, 0.1) is 17.1 Å². The Hall–Kier alpha value is -5.96. The van der Waals surface area contributed by atoms with Gasteiger partial charge in [-0.25, -0.2) is 0 Å². The number of hydrogen-bond acceptors (Lipinski definition) is 2. The topological polar surface area (TPSA) is 3.24 Å². The van der Waals surface area contributed by atoms with Crippen LogP contribution in [0, 0.1) is 0 Å². The molecule has 2 heterocycles. The zero-order chi connectivity index (χ0) is 35.2. The summed E-state index contributed by atoms with van der Waals surface area (Å²) in [6, 6.07) is 59.7. The lowest BCUT2D eigenvalue weighted by molar-refractivity contribution is 0.656. The van der Waals surface area contributed by atoms with Crippen molar-refractivity contribution in [3.8, 4) is 33.4 Å². The zero-order valence-electron chi connectivity index (χ0n) is 29.9. The molecule has 0 fully saturated rings. The third-order valence-electron chi connectivity index (χ3n) is 12.8.